The van der Waals surface area contributed by atoms with Crippen molar-refractivity contribution >= 4 is 23.4 Å². The van der Waals surface area contributed by atoms with Crippen molar-refractivity contribution in [2.75, 3.05) is 18.2 Å². The van der Waals surface area contributed by atoms with Crippen LogP contribution in [0.3, 0.4) is 0 Å². The van der Waals surface area contributed by atoms with Gasteiger partial charge in [0.1, 0.15) is 11.6 Å². The summed E-state index contributed by atoms with van der Waals surface area (Å²) in [6, 6.07) is 7.30. The SMILES string of the molecule is CCn1c(SCC(=O)Nc2ccc(OC)cc2)nnc1C1CCCC1. The Bertz CT molecular complexity index is 708. The minimum Gasteiger partial charge on any atom is -0.497 e. The number of ether oxygens (including phenoxy) is 1. The van der Waals surface area contributed by atoms with Gasteiger partial charge >= 0.3 is 0 Å². The zero-order chi connectivity index (χ0) is 17.6. The highest BCUT2D eigenvalue weighted by atomic mass is 32.2. The third-order valence-electron chi connectivity index (χ3n) is 4.49. The van der Waals surface area contributed by atoms with Gasteiger partial charge in [-0.15, -0.1) is 10.2 Å². The number of benzene rings is 1. The third-order valence-corrected chi connectivity index (χ3v) is 5.45. The van der Waals surface area contributed by atoms with Crippen LogP contribution in [0.4, 0.5) is 5.69 Å². The number of anilines is 1. The summed E-state index contributed by atoms with van der Waals surface area (Å²) in [5.74, 6) is 2.63. The summed E-state index contributed by atoms with van der Waals surface area (Å²) in [5.41, 5.74) is 0.759. The molecule has 25 heavy (non-hydrogen) atoms. The van der Waals surface area contributed by atoms with Crippen molar-refractivity contribution < 1.29 is 9.53 Å². The lowest BCUT2D eigenvalue weighted by Crippen LogP contribution is -2.15. The fourth-order valence-electron chi connectivity index (χ4n) is 3.19. The van der Waals surface area contributed by atoms with Crippen molar-refractivity contribution in [3.8, 4) is 5.75 Å². The number of rotatable bonds is 7. The molecule has 1 heterocycles. The minimum atomic E-state index is -0.0526. The Morgan fingerprint density at radius 3 is 2.64 bits per heavy atom. The molecule has 3 rings (SSSR count). The molecule has 1 aliphatic rings. The number of methoxy groups -OCH3 is 1. The maximum absolute atomic E-state index is 12.2. The van der Waals surface area contributed by atoms with Crippen LogP contribution in [-0.2, 0) is 11.3 Å². The Labute approximate surface area is 152 Å². The van der Waals surface area contributed by atoms with Gasteiger partial charge in [-0.1, -0.05) is 24.6 Å². The van der Waals surface area contributed by atoms with Crippen LogP contribution in [0.2, 0.25) is 0 Å². The van der Waals surface area contributed by atoms with Gasteiger partial charge in [-0.25, -0.2) is 0 Å². The van der Waals surface area contributed by atoms with E-state index in [9.17, 15) is 4.79 Å². The summed E-state index contributed by atoms with van der Waals surface area (Å²) < 4.78 is 7.27. The Morgan fingerprint density at radius 2 is 2.00 bits per heavy atom. The summed E-state index contributed by atoms with van der Waals surface area (Å²) in [4.78, 5) is 12.2. The van der Waals surface area contributed by atoms with Gasteiger partial charge in [0, 0.05) is 18.2 Å². The Kier molecular flexibility index (Phi) is 5.96. The largest absolute Gasteiger partial charge is 0.497 e. The number of nitrogens with one attached hydrogen (secondary N) is 1. The molecule has 1 amide bonds. The Hall–Kier alpha value is -2.02. The highest BCUT2D eigenvalue weighted by Gasteiger charge is 2.24. The number of carbonyl (C=O) groups excluding carboxylic acids is 1. The molecule has 0 spiro atoms. The van der Waals surface area contributed by atoms with E-state index in [1.54, 1.807) is 7.11 Å². The van der Waals surface area contributed by atoms with Gasteiger partial charge in [-0.2, -0.15) is 0 Å². The van der Waals surface area contributed by atoms with Gasteiger partial charge in [-0.3, -0.25) is 4.79 Å². The lowest BCUT2D eigenvalue weighted by atomic mass is 10.1. The normalized spacial score (nSPS) is 14.6. The molecular weight excluding hydrogens is 336 g/mol. The van der Waals surface area contributed by atoms with Crippen molar-refractivity contribution in [1.29, 1.82) is 0 Å². The zero-order valence-electron chi connectivity index (χ0n) is 14.7. The molecule has 0 aliphatic heterocycles. The van der Waals surface area contributed by atoms with Crippen LogP contribution >= 0.6 is 11.8 Å². The van der Waals surface area contributed by atoms with Crippen molar-refractivity contribution in [3.05, 3.63) is 30.1 Å². The van der Waals surface area contributed by atoms with Gasteiger partial charge < -0.3 is 14.6 Å². The van der Waals surface area contributed by atoms with Crippen LogP contribution in [0.5, 0.6) is 5.75 Å². The van der Waals surface area contributed by atoms with Crippen LogP contribution in [0, 0.1) is 0 Å². The summed E-state index contributed by atoms with van der Waals surface area (Å²) >= 11 is 1.44. The third kappa shape index (κ3) is 4.34. The zero-order valence-corrected chi connectivity index (χ0v) is 15.5. The Morgan fingerprint density at radius 1 is 1.28 bits per heavy atom. The molecule has 0 atom stereocenters. The van der Waals surface area contributed by atoms with Crippen LogP contribution < -0.4 is 10.1 Å². The van der Waals surface area contributed by atoms with Gasteiger partial charge in [0.25, 0.3) is 0 Å². The Balaban J connectivity index is 1.58. The second kappa shape index (κ2) is 8.38. The van der Waals surface area contributed by atoms with Crippen LogP contribution in [0.25, 0.3) is 0 Å². The number of thioether (sulfide) groups is 1. The molecule has 1 N–H and O–H groups in total. The summed E-state index contributed by atoms with van der Waals surface area (Å²) in [7, 11) is 1.62. The van der Waals surface area contributed by atoms with Crippen LogP contribution in [-0.4, -0.2) is 33.5 Å². The average Bonchev–Trinajstić information content (AvgIpc) is 3.29. The first-order chi connectivity index (χ1) is 12.2. The van der Waals surface area contributed by atoms with E-state index in [1.807, 2.05) is 24.3 Å². The molecule has 1 aromatic carbocycles. The monoisotopic (exact) mass is 360 g/mol. The van der Waals surface area contributed by atoms with E-state index >= 15 is 0 Å². The number of nitrogens with zero attached hydrogens (tertiary/aromatic N) is 3. The van der Waals surface area contributed by atoms with E-state index in [4.69, 9.17) is 4.74 Å². The molecule has 1 saturated carbocycles. The van der Waals surface area contributed by atoms with E-state index in [-0.39, 0.29) is 5.91 Å². The predicted molar refractivity (Wildman–Crippen MR) is 99.3 cm³/mol. The van der Waals surface area contributed by atoms with Crippen LogP contribution in [0.1, 0.15) is 44.3 Å². The molecule has 134 valence electrons. The first kappa shape index (κ1) is 17.8. The molecule has 0 bridgehead atoms. The molecule has 6 nitrogen and oxygen atoms in total. The number of hydrogen-bond acceptors (Lipinski definition) is 5. The molecule has 7 heteroatoms. The number of carbonyl (C=O) groups is 1. The van der Waals surface area contributed by atoms with E-state index in [1.165, 1.54) is 37.4 Å². The second-order valence-electron chi connectivity index (χ2n) is 6.13. The highest BCUT2D eigenvalue weighted by molar-refractivity contribution is 7.99. The fourth-order valence-corrected chi connectivity index (χ4v) is 4.00. The lowest BCUT2D eigenvalue weighted by Gasteiger charge is -2.11. The smallest absolute Gasteiger partial charge is 0.234 e. The first-order valence-corrected chi connectivity index (χ1v) is 9.69. The molecule has 1 aliphatic carbocycles. The first-order valence-electron chi connectivity index (χ1n) is 8.71. The molecule has 1 aromatic heterocycles. The van der Waals surface area contributed by atoms with Crippen molar-refractivity contribution in [2.24, 2.45) is 0 Å². The molecule has 1 fully saturated rings. The quantitative estimate of drug-likeness (QED) is 0.763. The number of hydrogen-bond donors (Lipinski definition) is 1. The van der Waals surface area contributed by atoms with Crippen molar-refractivity contribution in [1.82, 2.24) is 14.8 Å². The van der Waals surface area contributed by atoms with E-state index in [2.05, 4.69) is 27.0 Å². The molecule has 0 saturated heterocycles. The maximum Gasteiger partial charge on any atom is 0.234 e. The summed E-state index contributed by atoms with van der Waals surface area (Å²) in [5, 5.41) is 12.4. The van der Waals surface area contributed by atoms with Crippen molar-refractivity contribution in [3.63, 3.8) is 0 Å². The maximum atomic E-state index is 12.2. The van der Waals surface area contributed by atoms with Crippen LogP contribution in [0.15, 0.2) is 29.4 Å². The minimum absolute atomic E-state index is 0.0526. The van der Waals surface area contributed by atoms with Gasteiger partial charge in [0.15, 0.2) is 5.16 Å². The lowest BCUT2D eigenvalue weighted by molar-refractivity contribution is -0.113. The van der Waals surface area contributed by atoms with Gasteiger partial charge in [-0.05, 0) is 44.0 Å². The number of aromatic nitrogens is 3. The van der Waals surface area contributed by atoms with E-state index in [0.29, 0.717) is 11.7 Å². The highest BCUT2D eigenvalue weighted by Crippen LogP contribution is 2.34. The second-order valence-corrected chi connectivity index (χ2v) is 7.07. The molecular formula is C18H24N4O2S. The topological polar surface area (TPSA) is 69.0 Å². The molecule has 0 radical (unpaired) electrons. The predicted octanol–water partition coefficient (Wildman–Crippen LogP) is 3.70. The van der Waals surface area contributed by atoms with E-state index in [0.717, 1.165) is 29.0 Å². The summed E-state index contributed by atoms with van der Waals surface area (Å²) in [6.07, 6.45) is 4.93. The standard InChI is InChI=1S/C18H24N4O2S/c1-3-22-17(13-6-4-5-7-13)20-21-18(22)25-12-16(23)19-14-8-10-15(24-2)11-9-14/h8-11,13H,3-7,12H2,1-2H3,(H,19,23). The average molecular weight is 360 g/mol. The van der Waals surface area contributed by atoms with E-state index < -0.39 is 0 Å². The van der Waals surface area contributed by atoms with Crippen molar-refractivity contribution in [2.45, 2.75) is 50.2 Å². The molecule has 0 unspecified atom stereocenters. The number of amides is 1. The van der Waals surface area contributed by atoms with Gasteiger partial charge in [0.05, 0.1) is 12.9 Å². The molecule has 2 aromatic rings. The summed E-state index contributed by atoms with van der Waals surface area (Å²) in [6.45, 7) is 2.94. The van der Waals surface area contributed by atoms with Gasteiger partial charge in [0.2, 0.25) is 5.91 Å². The fraction of sp³-hybridized carbons (Fsp3) is 0.500.